The number of anilines is 4. The Morgan fingerprint density at radius 3 is 2.69 bits per heavy atom. The minimum absolute atomic E-state index is 0.195. The number of carboxylic acids is 1. The second-order valence-corrected chi connectivity index (χ2v) is 9.50. The van der Waals surface area contributed by atoms with Crippen molar-refractivity contribution in [3.8, 4) is 0 Å². The minimum atomic E-state index is -0.981. The molecule has 32 heavy (non-hydrogen) atoms. The van der Waals surface area contributed by atoms with E-state index in [9.17, 15) is 9.90 Å². The molecular weight excluding hydrogens is 430 g/mol. The first-order chi connectivity index (χ1) is 15.4. The zero-order chi connectivity index (χ0) is 22.7. The fraction of sp³-hybridized carbons (Fsp3) is 0.619. The van der Waals surface area contributed by atoms with Crippen molar-refractivity contribution in [1.29, 1.82) is 0 Å². The van der Waals surface area contributed by atoms with Gasteiger partial charge in [0.15, 0.2) is 5.13 Å². The normalized spacial score (nSPS) is 19.5. The predicted octanol–water partition coefficient (Wildman–Crippen LogP) is 2.80. The molecule has 2 aliphatic rings. The highest BCUT2D eigenvalue weighted by atomic mass is 32.1. The summed E-state index contributed by atoms with van der Waals surface area (Å²) in [5.74, 6) is 0.985. The third-order valence-corrected chi connectivity index (χ3v) is 7.04. The molecule has 0 radical (unpaired) electrons. The monoisotopic (exact) mass is 461 g/mol. The predicted molar refractivity (Wildman–Crippen MR) is 126 cm³/mol. The van der Waals surface area contributed by atoms with E-state index in [1.54, 1.807) is 6.92 Å². The van der Waals surface area contributed by atoms with Crippen molar-refractivity contribution in [2.75, 3.05) is 55.9 Å². The van der Waals surface area contributed by atoms with Gasteiger partial charge in [-0.05, 0) is 46.7 Å². The van der Waals surface area contributed by atoms with Crippen LogP contribution < -0.4 is 15.5 Å². The van der Waals surface area contributed by atoms with E-state index in [1.165, 1.54) is 0 Å². The number of hydrogen-bond acceptors (Lipinski definition) is 10. The first-order valence-corrected chi connectivity index (χ1v) is 11.8. The van der Waals surface area contributed by atoms with Gasteiger partial charge in [-0.3, -0.25) is 5.32 Å². The van der Waals surface area contributed by atoms with E-state index in [2.05, 4.69) is 44.5 Å². The van der Waals surface area contributed by atoms with Crippen LogP contribution in [0.3, 0.4) is 0 Å². The summed E-state index contributed by atoms with van der Waals surface area (Å²) in [6.07, 6.45) is 4.48. The Balaban J connectivity index is 1.54. The van der Waals surface area contributed by atoms with Gasteiger partial charge in [-0.15, -0.1) is 0 Å². The Morgan fingerprint density at radius 2 is 2.06 bits per heavy atom. The molecule has 1 atom stereocenters. The van der Waals surface area contributed by atoms with Gasteiger partial charge in [-0.1, -0.05) is 11.3 Å². The standard InChI is InChI=1S/C21H31N7O3S/c1-13-18(19(29)30)32-21(23-13)26-20-24-16(22-12-15-5-4-10-31-15)11-17(25-20)28-8-6-14(7-9-28)27(2)3/h11,14-15H,4-10,12H2,1-3H3,(H,29,30)(H2,22,23,24,25,26). The highest BCUT2D eigenvalue weighted by Gasteiger charge is 2.23. The van der Waals surface area contributed by atoms with Gasteiger partial charge in [0.05, 0.1) is 11.8 Å². The summed E-state index contributed by atoms with van der Waals surface area (Å²) >= 11 is 1.09. The molecule has 1 unspecified atom stereocenters. The summed E-state index contributed by atoms with van der Waals surface area (Å²) in [6, 6.07) is 2.56. The Hall–Kier alpha value is -2.50. The van der Waals surface area contributed by atoms with Gasteiger partial charge in [0.25, 0.3) is 0 Å². The third kappa shape index (κ3) is 5.45. The fourth-order valence-electron chi connectivity index (χ4n) is 4.12. The van der Waals surface area contributed by atoms with E-state index in [1.807, 2.05) is 6.07 Å². The lowest BCUT2D eigenvalue weighted by molar-refractivity contribution is 0.0701. The Kier molecular flexibility index (Phi) is 7.07. The molecule has 4 heterocycles. The SMILES string of the molecule is Cc1nc(Nc2nc(NCC3CCCO3)cc(N3CCC(N(C)C)CC3)n2)sc1C(=O)O. The van der Waals surface area contributed by atoms with E-state index in [-0.39, 0.29) is 11.0 Å². The number of aromatic nitrogens is 3. The summed E-state index contributed by atoms with van der Waals surface area (Å²) in [5.41, 5.74) is 0.476. The summed E-state index contributed by atoms with van der Waals surface area (Å²) < 4.78 is 5.72. The smallest absolute Gasteiger partial charge is 0.347 e. The largest absolute Gasteiger partial charge is 0.477 e. The Morgan fingerprint density at radius 1 is 1.28 bits per heavy atom. The Labute approximate surface area is 192 Å². The molecule has 2 fully saturated rings. The van der Waals surface area contributed by atoms with Crippen LogP contribution in [0.4, 0.5) is 22.7 Å². The maximum atomic E-state index is 11.4. The van der Waals surface area contributed by atoms with Crippen molar-refractivity contribution in [3.05, 3.63) is 16.6 Å². The topological polar surface area (TPSA) is 116 Å². The number of aromatic carboxylic acids is 1. The zero-order valence-electron chi connectivity index (χ0n) is 18.8. The highest BCUT2D eigenvalue weighted by molar-refractivity contribution is 7.17. The summed E-state index contributed by atoms with van der Waals surface area (Å²) in [5, 5.41) is 16.3. The number of thiazole rings is 1. The van der Waals surface area contributed by atoms with Gasteiger partial charge in [-0.2, -0.15) is 9.97 Å². The second-order valence-electron chi connectivity index (χ2n) is 8.50. The molecular formula is C21H31N7O3S. The van der Waals surface area contributed by atoms with Crippen LogP contribution in [0.2, 0.25) is 0 Å². The van der Waals surface area contributed by atoms with Crippen LogP contribution in [0.15, 0.2) is 6.07 Å². The van der Waals surface area contributed by atoms with Crippen molar-refractivity contribution in [2.45, 2.75) is 44.8 Å². The van der Waals surface area contributed by atoms with Crippen LogP contribution >= 0.6 is 11.3 Å². The average Bonchev–Trinajstić information content (AvgIpc) is 3.41. The van der Waals surface area contributed by atoms with E-state index in [0.29, 0.717) is 29.4 Å². The zero-order valence-corrected chi connectivity index (χ0v) is 19.6. The van der Waals surface area contributed by atoms with E-state index in [4.69, 9.17) is 9.72 Å². The van der Waals surface area contributed by atoms with Gasteiger partial charge < -0.3 is 25.0 Å². The van der Waals surface area contributed by atoms with Crippen molar-refractivity contribution in [3.63, 3.8) is 0 Å². The molecule has 2 saturated heterocycles. The number of aryl methyl sites for hydroxylation is 1. The van der Waals surface area contributed by atoms with Gasteiger partial charge in [-0.25, -0.2) is 9.78 Å². The molecule has 11 heteroatoms. The number of nitrogens with one attached hydrogen (secondary N) is 2. The quantitative estimate of drug-likeness (QED) is 0.542. The molecule has 0 spiro atoms. The van der Waals surface area contributed by atoms with E-state index >= 15 is 0 Å². The molecule has 0 aromatic carbocycles. The summed E-state index contributed by atoms with van der Waals surface area (Å²) in [6.45, 7) is 5.03. The average molecular weight is 462 g/mol. The molecule has 2 aromatic rings. The number of nitrogens with zero attached hydrogens (tertiary/aromatic N) is 5. The first kappa shape index (κ1) is 22.7. The molecule has 0 amide bonds. The van der Waals surface area contributed by atoms with Crippen LogP contribution in [0.25, 0.3) is 0 Å². The van der Waals surface area contributed by atoms with Crippen LogP contribution in [0, 0.1) is 6.92 Å². The van der Waals surface area contributed by atoms with Crippen LogP contribution in [0.5, 0.6) is 0 Å². The lowest BCUT2D eigenvalue weighted by Gasteiger charge is -2.36. The van der Waals surface area contributed by atoms with E-state index < -0.39 is 5.97 Å². The molecule has 0 aliphatic carbocycles. The molecule has 2 aliphatic heterocycles. The minimum Gasteiger partial charge on any atom is -0.477 e. The fourth-order valence-corrected chi connectivity index (χ4v) is 4.92. The Bertz CT molecular complexity index is 937. The number of piperidine rings is 1. The van der Waals surface area contributed by atoms with Crippen LogP contribution in [-0.4, -0.2) is 83.4 Å². The van der Waals surface area contributed by atoms with Gasteiger partial charge in [0, 0.05) is 38.3 Å². The summed E-state index contributed by atoms with van der Waals surface area (Å²) in [4.78, 5) is 29.8. The number of carbonyl (C=O) groups is 1. The second kappa shape index (κ2) is 9.97. The van der Waals surface area contributed by atoms with Crippen LogP contribution in [-0.2, 0) is 4.74 Å². The lowest BCUT2D eigenvalue weighted by atomic mass is 10.0. The van der Waals surface area contributed by atoms with Gasteiger partial charge in [0.1, 0.15) is 16.5 Å². The lowest BCUT2D eigenvalue weighted by Crippen LogP contribution is -2.42. The summed E-state index contributed by atoms with van der Waals surface area (Å²) in [7, 11) is 4.25. The number of rotatable bonds is 8. The third-order valence-electron chi connectivity index (χ3n) is 5.98. The van der Waals surface area contributed by atoms with Crippen molar-refractivity contribution >= 4 is 40.0 Å². The molecule has 10 nitrogen and oxygen atoms in total. The molecule has 2 aromatic heterocycles. The maximum absolute atomic E-state index is 11.4. The molecule has 0 bridgehead atoms. The maximum Gasteiger partial charge on any atom is 0.347 e. The van der Waals surface area contributed by atoms with Crippen LogP contribution in [0.1, 0.15) is 41.0 Å². The first-order valence-electron chi connectivity index (χ1n) is 11.0. The number of carboxylic acid groups (broad SMARTS) is 1. The number of hydrogen-bond donors (Lipinski definition) is 3. The molecule has 174 valence electrons. The highest BCUT2D eigenvalue weighted by Crippen LogP contribution is 2.28. The van der Waals surface area contributed by atoms with Crippen molar-refractivity contribution < 1.29 is 14.6 Å². The van der Waals surface area contributed by atoms with E-state index in [0.717, 1.165) is 68.4 Å². The molecule has 4 rings (SSSR count). The van der Waals surface area contributed by atoms with Gasteiger partial charge in [0.2, 0.25) is 5.95 Å². The van der Waals surface area contributed by atoms with Gasteiger partial charge >= 0.3 is 5.97 Å². The van der Waals surface area contributed by atoms with Crippen molar-refractivity contribution in [1.82, 2.24) is 19.9 Å². The number of ether oxygens (including phenoxy) is 1. The van der Waals surface area contributed by atoms with Crippen molar-refractivity contribution in [2.24, 2.45) is 0 Å². The molecule has 0 saturated carbocycles. The molecule has 3 N–H and O–H groups in total.